The standard InChI is InChI=1S/C26H29F3NO6S/c1-24(2)15-22(16-25(3,4)30(24)32)35-23(31)20-9-5-18(6-10-20)13-14-37(33,34)17-19-7-11-21(12-8-19)36-26(27,28)29/h5-14,22H,15-17H2,1-4H3/b14-13+. The third-order valence-corrected chi connectivity index (χ3v) is 7.25. The van der Waals surface area contributed by atoms with Gasteiger partial charge in [-0.05, 0) is 69.2 Å². The van der Waals surface area contributed by atoms with Crippen LogP contribution in [-0.4, -0.2) is 43.0 Å². The number of hydrogen-bond acceptors (Lipinski definition) is 6. The number of hydroxylamine groups is 2. The van der Waals surface area contributed by atoms with Gasteiger partial charge in [-0.15, -0.1) is 23.4 Å². The summed E-state index contributed by atoms with van der Waals surface area (Å²) in [6.07, 6.45) is -3.07. The van der Waals surface area contributed by atoms with Crippen LogP contribution in [0.3, 0.4) is 0 Å². The average Bonchev–Trinajstić information content (AvgIpc) is 2.76. The Hall–Kier alpha value is -2.89. The van der Waals surface area contributed by atoms with Crippen molar-refractivity contribution in [1.29, 1.82) is 0 Å². The number of carbonyl (C=O) groups is 1. The molecule has 7 nitrogen and oxygen atoms in total. The number of sulfone groups is 1. The zero-order valence-corrected chi connectivity index (χ0v) is 21.7. The smallest absolute Gasteiger partial charge is 0.459 e. The van der Waals surface area contributed by atoms with Crippen LogP contribution in [0.15, 0.2) is 53.9 Å². The quantitative estimate of drug-likeness (QED) is 0.419. The number of nitrogens with zero attached hydrogens (tertiary/aromatic N) is 1. The number of piperidine rings is 1. The summed E-state index contributed by atoms with van der Waals surface area (Å²) in [5.41, 5.74) is -0.235. The van der Waals surface area contributed by atoms with E-state index in [1.54, 1.807) is 12.1 Å². The largest absolute Gasteiger partial charge is 0.573 e. The van der Waals surface area contributed by atoms with Gasteiger partial charge < -0.3 is 9.47 Å². The van der Waals surface area contributed by atoms with Crippen LogP contribution in [0.4, 0.5) is 13.2 Å². The molecular formula is C26H29F3NO6S. The molecular weight excluding hydrogens is 511 g/mol. The molecule has 0 atom stereocenters. The molecule has 0 unspecified atom stereocenters. The normalized spacial score (nSPS) is 18.6. The van der Waals surface area contributed by atoms with Crippen LogP contribution >= 0.6 is 0 Å². The van der Waals surface area contributed by atoms with Crippen molar-refractivity contribution in [2.24, 2.45) is 0 Å². The highest BCUT2D eigenvalue weighted by atomic mass is 32.2. The summed E-state index contributed by atoms with van der Waals surface area (Å²) in [5, 5.41) is 14.5. The van der Waals surface area contributed by atoms with Crippen molar-refractivity contribution in [1.82, 2.24) is 5.06 Å². The van der Waals surface area contributed by atoms with Crippen molar-refractivity contribution < 1.29 is 41.1 Å². The van der Waals surface area contributed by atoms with Gasteiger partial charge in [-0.2, -0.15) is 0 Å². The Bertz CT molecular complexity index is 1220. The van der Waals surface area contributed by atoms with Crippen LogP contribution in [0.1, 0.15) is 62.0 Å². The van der Waals surface area contributed by atoms with Gasteiger partial charge in [-0.3, -0.25) is 0 Å². The van der Waals surface area contributed by atoms with E-state index in [0.29, 0.717) is 29.5 Å². The van der Waals surface area contributed by atoms with Crippen molar-refractivity contribution in [3.8, 4) is 5.75 Å². The van der Waals surface area contributed by atoms with Crippen molar-refractivity contribution in [2.45, 2.75) is 69.8 Å². The first-order chi connectivity index (χ1) is 17.0. The van der Waals surface area contributed by atoms with Gasteiger partial charge >= 0.3 is 12.3 Å². The van der Waals surface area contributed by atoms with Gasteiger partial charge in [0.1, 0.15) is 11.9 Å². The Kier molecular flexibility index (Phi) is 8.11. The number of rotatable bonds is 7. The maximum absolute atomic E-state index is 12.6. The highest BCUT2D eigenvalue weighted by Gasteiger charge is 2.47. The topological polar surface area (TPSA) is 92.8 Å². The molecule has 1 radical (unpaired) electrons. The SMILES string of the molecule is CC1(C)CC(OC(=O)c2ccc(/C=C/S(=O)(=O)Cc3ccc(OC(F)(F)F)cc3)cc2)CC(C)(C)N1[O]. The Labute approximate surface area is 214 Å². The molecule has 2 aromatic carbocycles. The van der Waals surface area contributed by atoms with E-state index in [0.717, 1.165) is 22.6 Å². The third kappa shape index (κ3) is 8.05. The van der Waals surface area contributed by atoms with E-state index >= 15 is 0 Å². The summed E-state index contributed by atoms with van der Waals surface area (Å²) in [7, 11) is -3.72. The predicted octanol–water partition coefficient (Wildman–Crippen LogP) is 5.69. The minimum absolute atomic E-state index is 0.293. The first-order valence-electron chi connectivity index (χ1n) is 11.5. The van der Waals surface area contributed by atoms with Crippen molar-refractivity contribution in [3.05, 3.63) is 70.6 Å². The number of hydrogen-bond donors (Lipinski definition) is 0. The highest BCUT2D eigenvalue weighted by molar-refractivity contribution is 7.93. The van der Waals surface area contributed by atoms with Crippen LogP contribution in [0.5, 0.6) is 5.75 Å². The van der Waals surface area contributed by atoms with Crippen LogP contribution in [0, 0.1) is 0 Å². The molecule has 0 spiro atoms. The Morgan fingerprint density at radius 1 is 1.00 bits per heavy atom. The van der Waals surface area contributed by atoms with Crippen molar-refractivity contribution in [3.63, 3.8) is 0 Å². The second kappa shape index (κ2) is 10.5. The maximum atomic E-state index is 12.6. The van der Waals surface area contributed by atoms with Crippen LogP contribution < -0.4 is 4.74 Å². The number of halogens is 3. The molecule has 11 heteroatoms. The van der Waals surface area contributed by atoms with Crippen LogP contribution in [-0.2, 0) is 25.5 Å². The fraction of sp³-hybridized carbons (Fsp3) is 0.423. The first kappa shape index (κ1) is 28.7. The molecule has 0 amide bonds. The zero-order chi connectivity index (χ0) is 27.6. The molecule has 0 N–H and O–H groups in total. The lowest BCUT2D eigenvalue weighted by Crippen LogP contribution is -2.60. The van der Waals surface area contributed by atoms with Crippen LogP contribution in [0.25, 0.3) is 6.08 Å². The molecule has 0 saturated carbocycles. The lowest BCUT2D eigenvalue weighted by atomic mass is 9.80. The monoisotopic (exact) mass is 540 g/mol. The molecule has 201 valence electrons. The molecule has 0 aliphatic carbocycles. The van der Waals surface area contributed by atoms with E-state index in [1.807, 2.05) is 27.7 Å². The van der Waals surface area contributed by atoms with E-state index in [2.05, 4.69) is 4.74 Å². The summed E-state index contributed by atoms with van der Waals surface area (Å²) in [4.78, 5) is 12.6. The molecule has 0 bridgehead atoms. The number of alkyl halides is 3. The van der Waals surface area contributed by atoms with Crippen molar-refractivity contribution >= 4 is 21.9 Å². The Balaban J connectivity index is 1.59. The Morgan fingerprint density at radius 3 is 2.05 bits per heavy atom. The van der Waals surface area contributed by atoms with E-state index in [1.165, 1.54) is 30.3 Å². The third-order valence-electron chi connectivity index (χ3n) is 5.97. The van der Waals surface area contributed by atoms with Gasteiger partial charge in [0.05, 0.1) is 11.3 Å². The molecule has 1 saturated heterocycles. The maximum Gasteiger partial charge on any atom is 0.573 e. The number of carbonyl (C=O) groups excluding carboxylic acids is 1. The minimum atomic E-state index is -4.83. The predicted molar refractivity (Wildman–Crippen MR) is 130 cm³/mol. The second-order valence-corrected chi connectivity index (χ2v) is 12.2. The summed E-state index contributed by atoms with van der Waals surface area (Å²) < 4.78 is 71.0. The van der Waals surface area contributed by atoms with Gasteiger partial charge in [0, 0.05) is 29.3 Å². The van der Waals surface area contributed by atoms with E-state index in [9.17, 15) is 31.6 Å². The fourth-order valence-corrected chi connectivity index (χ4v) is 5.57. The summed E-state index contributed by atoms with van der Waals surface area (Å²) in [6.45, 7) is 7.26. The van der Waals surface area contributed by atoms with E-state index in [4.69, 9.17) is 4.74 Å². The molecule has 1 aliphatic heterocycles. The fourth-order valence-electron chi connectivity index (χ4n) is 4.45. The highest BCUT2D eigenvalue weighted by Crippen LogP contribution is 2.38. The molecule has 1 heterocycles. The molecule has 37 heavy (non-hydrogen) atoms. The average molecular weight is 541 g/mol. The first-order valence-corrected chi connectivity index (χ1v) is 13.2. The summed E-state index contributed by atoms with van der Waals surface area (Å²) >= 11 is 0. The number of benzene rings is 2. The zero-order valence-electron chi connectivity index (χ0n) is 20.9. The lowest BCUT2D eigenvalue weighted by Gasteiger charge is -2.49. The molecule has 0 aromatic heterocycles. The summed E-state index contributed by atoms with van der Waals surface area (Å²) in [5.74, 6) is -1.38. The minimum Gasteiger partial charge on any atom is -0.459 e. The van der Waals surface area contributed by atoms with E-state index < -0.39 is 50.9 Å². The Morgan fingerprint density at radius 2 is 1.54 bits per heavy atom. The second-order valence-electron chi connectivity index (χ2n) is 10.3. The van der Waals surface area contributed by atoms with Gasteiger partial charge in [0.15, 0.2) is 9.84 Å². The van der Waals surface area contributed by atoms with Gasteiger partial charge in [-0.25, -0.2) is 13.2 Å². The van der Waals surface area contributed by atoms with Gasteiger partial charge in [0.2, 0.25) is 0 Å². The lowest BCUT2D eigenvalue weighted by molar-refractivity contribution is -0.298. The number of esters is 1. The number of ether oxygens (including phenoxy) is 2. The molecule has 1 aliphatic rings. The molecule has 3 rings (SSSR count). The summed E-state index contributed by atoms with van der Waals surface area (Å²) in [6, 6.07) is 10.8. The molecule has 2 aromatic rings. The molecule has 1 fully saturated rings. The van der Waals surface area contributed by atoms with Crippen LogP contribution in [0.2, 0.25) is 0 Å². The van der Waals surface area contributed by atoms with Gasteiger partial charge in [-0.1, -0.05) is 24.3 Å². The van der Waals surface area contributed by atoms with Gasteiger partial charge in [0.25, 0.3) is 0 Å². The van der Waals surface area contributed by atoms with Crippen molar-refractivity contribution in [2.75, 3.05) is 0 Å². The van der Waals surface area contributed by atoms with E-state index in [-0.39, 0.29) is 0 Å².